The lowest BCUT2D eigenvalue weighted by Crippen LogP contribution is -2.42. The second-order valence-corrected chi connectivity index (χ2v) is 9.46. The molecule has 4 aromatic rings. The molecule has 0 aliphatic carbocycles. The Labute approximate surface area is 206 Å². The van der Waals surface area contributed by atoms with Gasteiger partial charge in [-0.3, -0.25) is 0 Å². The predicted octanol–water partition coefficient (Wildman–Crippen LogP) is 7.28. The minimum absolute atomic E-state index is 0.0465. The number of aliphatic hydroxyl groups is 1. The molecule has 0 fully saturated rings. The third-order valence-electron chi connectivity index (χ3n) is 5.75. The van der Waals surface area contributed by atoms with Crippen molar-refractivity contribution in [2.24, 2.45) is 0 Å². The van der Waals surface area contributed by atoms with E-state index in [1.54, 1.807) is 12.1 Å². The van der Waals surface area contributed by atoms with Crippen molar-refractivity contribution in [1.82, 2.24) is 0 Å². The molecule has 34 heavy (non-hydrogen) atoms. The van der Waals surface area contributed by atoms with Crippen molar-refractivity contribution in [3.05, 3.63) is 118 Å². The first-order valence-corrected chi connectivity index (χ1v) is 12.0. The number of cyclic esters (lactones) is 1. The molecule has 0 spiro atoms. The zero-order valence-electron chi connectivity index (χ0n) is 18.1. The molecule has 6 heteroatoms. The summed E-state index contributed by atoms with van der Waals surface area (Å²) < 4.78 is 12.3. The number of fused-ring (bicyclic) bond motifs is 1. The van der Waals surface area contributed by atoms with Gasteiger partial charge in [-0.05, 0) is 29.1 Å². The van der Waals surface area contributed by atoms with E-state index in [4.69, 9.17) is 21.1 Å². The Morgan fingerprint density at radius 1 is 0.912 bits per heavy atom. The van der Waals surface area contributed by atoms with E-state index in [0.29, 0.717) is 15.7 Å². The van der Waals surface area contributed by atoms with Crippen LogP contribution in [0.1, 0.15) is 12.0 Å². The minimum atomic E-state index is -1.18. The second kappa shape index (κ2) is 9.45. The molecule has 1 heterocycles. The number of hydrogen-bond donors (Lipinski definition) is 1. The summed E-state index contributed by atoms with van der Waals surface area (Å²) in [7, 11) is 0. The van der Waals surface area contributed by atoms with Crippen LogP contribution in [0.3, 0.4) is 0 Å². The average molecular weight is 489 g/mol. The van der Waals surface area contributed by atoms with E-state index < -0.39 is 11.6 Å². The van der Waals surface area contributed by atoms with E-state index in [1.807, 2.05) is 84.9 Å². The molecule has 1 aliphatic heterocycles. The van der Waals surface area contributed by atoms with Gasteiger partial charge in [0.15, 0.2) is 5.60 Å². The Morgan fingerprint density at radius 2 is 1.62 bits per heavy atom. The van der Waals surface area contributed by atoms with Crippen LogP contribution in [0.5, 0.6) is 5.75 Å². The Hall–Kier alpha value is -3.41. The summed E-state index contributed by atoms with van der Waals surface area (Å²) in [6.45, 7) is 0.0465. The highest BCUT2D eigenvalue weighted by molar-refractivity contribution is 8.04. The maximum absolute atomic E-state index is 13.2. The fraction of sp³-hybridized carbons (Fsp3) is 0.107. The fourth-order valence-corrected chi connectivity index (χ4v) is 5.15. The number of rotatable bonds is 6. The number of halogens is 1. The Morgan fingerprint density at radius 3 is 2.41 bits per heavy atom. The van der Waals surface area contributed by atoms with Crippen LogP contribution in [0.4, 0.5) is 0 Å². The monoisotopic (exact) mass is 488 g/mol. The van der Waals surface area contributed by atoms with Crippen LogP contribution in [-0.4, -0.2) is 17.7 Å². The summed E-state index contributed by atoms with van der Waals surface area (Å²) in [5, 5.41) is 13.5. The van der Waals surface area contributed by atoms with Crippen LogP contribution in [0.15, 0.2) is 113 Å². The Kier molecular flexibility index (Phi) is 6.22. The summed E-state index contributed by atoms with van der Waals surface area (Å²) in [6.07, 6.45) is 0.0836. The van der Waals surface area contributed by atoms with Crippen LogP contribution in [0.2, 0.25) is 5.02 Å². The van der Waals surface area contributed by atoms with Crippen molar-refractivity contribution in [2.75, 3.05) is 6.61 Å². The van der Waals surface area contributed by atoms with Gasteiger partial charge in [0, 0.05) is 10.3 Å². The lowest BCUT2D eigenvalue weighted by molar-refractivity contribution is -0.163. The van der Waals surface area contributed by atoms with E-state index in [1.165, 1.54) is 0 Å². The van der Waals surface area contributed by atoms with Gasteiger partial charge >= 0.3 is 5.97 Å². The molecule has 1 aliphatic rings. The summed E-state index contributed by atoms with van der Waals surface area (Å²) >= 11 is 7.36. The molecule has 1 atom stereocenters. The highest BCUT2D eigenvalue weighted by atomic mass is 35.5. The standard InChI is InChI=1S/C28H21ClO4S/c29-22-14-6-7-16-25(22)34-26-23(30)17-28(33-27(26)31,20-11-2-1-3-12-20)18-32-24-15-8-10-19-9-4-5-13-21(19)24/h1-16,30H,17-18H2. The summed E-state index contributed by atoms with van der Waals surface area (Å²) in [4.78, 5) is 14.0. The first kappa shape index (κ1) is 22.4. The number of thioether (sulfide) groups is 1. The summed E-state index contributed by atoms with van der Waals surface area (Å²) in [5.74, 6) is 0.0229. The van der Waals surface area contributed by atoms with Gasteiger partial charge in [0.2, 0.25) is 0 Å². The summed E-state index contributed by atoms with van der Waals surface area (Å²) in [5.41, 5.74) is -0.430. The van der Waals surface area contributed by atoms with Crippen LogP contribution in [0, 0.1) is 0 Å². The predicted molar refractivity (Wildman–Crippen MR) is 135 cm³/mol. The van der Waals surface area contributed by atoms with Gasteiger partial charge in [-0.2, -0.15) is 0 Å². The number of aliphatic hydroxyl groups excluding tert-OH is 1. The van der Waals surface area contributed by atoms with Crippen molar-refractivity contribution in [2.45, 2.75) is 16.9 Å². The van der Waals surface area contributed by atoms with Crippen LogP contribution >= 0.6 is 23.4 Å². The van der Waals surface area contributed by atoms with Gasteiger partial charge in [-0.25, -0.2) is 4.79 Å². The summed E-state index contributed by atoms with van der Waals surface area (Å²) in [6, 6.07) is 30.3. The molecule has 0 aromatic heterocycles. The third-order valence-corrected chi connectivity index (χ3v) is 7.37. The Balaban J connectivity index is 1.49. The van der Waals surface area contributed by atoms with Crippen LogP contribution in [-0.2, 0) is 15.1 Å². The molecular formula is C28H21ClO4S. The number of ether oxygens (including phenoxy) is 2. The van der Waals surface area contributed by atoms with E-state index in [0.717, 1.165) is 28.1 Å². The average Bonchev–Trinajstić information content (AvgIpc) is 2.86. The molecule has 4 aromatic carbocycles. The van der Waals surface area contributed by atoms with Gasteiger partial charge < -0.3 is 14.6 Å². The smallest absolute Gasteiger partial charge is 0.349 e. The maximum atomic E-state index is 13.2. The molecule has 0 bridgehead atoms. The molecule has 4 nitrogen and oxygen atoms in total. The Bertz CT molecular complexity index is 1380. The minimum Gasteiger partial charge on any atom is -0.511 e. The molecule has 170 valence electrons. The van der Waals surface area contributed by atoms with Crippen molar-refractivity contribution < 1.29 is 19.4 Å². The molecule has 1 N–H and O–H groups in total. The van der Waals surface area contributed by atoms with Gasteiger partial charge in [-0.1, -0.05) is 102 Å². The first-order valence-electron chi connectivity index (χ1n) is 10.8. The van der Waals surface area contributed by atoms with Gasteiger partial charge in [0.25, 0.3) is 0 Å². The lowest BCUT2D eigenvalue weighted by Gasteiger charge is -2.37. The number of carbonyl (C=O) groups is 1. The molecular weight excluding hydrogens is 468 g/mol. The number of carbonyl (C=O) groups excluding carboxylic acids is 1. The molecule has 5 rings (SSSR count). The zero-order valence-corrected chi connectivity index (χ0v) is 19.7. The number of benzene rings is 4. The molecule has 1 unspecified atom stereocenters. The van der Waals surface area contributed by atoms with Gasteiger partial charge in [0.05, 0.1) is 11.4 Å². The van der Waals surface area contributed by atoms with E-state index >= 15 is 0 Å². The van der Waals surface area contributed by atoms with E-state index in [-0.39, 0.29) is 23.7 Å². The van der Waals surface area contributed by atoms with Crippen molar-refractivity contribution in [1.29, 1.82) is 0 Å². The van der Waals surface area contributed by atoms with Gasteiger partial charge in [0.1, 0.15) is 23.0 Å². The maximum Gasteiger partial charge on any atom is 0.349 e. The molecule has 0 saturated carbocycles. The fourth-order valence-electron chi connectivity index (χ4n) is 4.05. The third kappa shape index (κ3) is 4.37. The number of esters is 1. The quantitative estimate of drug-likeness (QED) is 0.289. The first-order chi connectivity index (χ1) is 16.6. The normalized spacial score (nSPS) is 18.1. The van der Waals surface area contributed by atoms with E-state index in [2.05, 4.69) is 0 Å². The lowest BCUT2D eigenvalue weighted by atomic mass is 9.88. The van der Waals surface area contributed by atoms with E-state index in [9.17, 15) is 9.90 Å². The topological polar surface area (TPSA) is 55.8 Å². The van der Waals surface area contributed by atoms with Crippen molar-refractivity contribution >= 4 is 40.1 Å². The zero-order chi connectivity index (χ0) is 23.5. The van der Waals surface area contributed by atoms with Gasteiger partial charge in [-0.15, -0.1) is 0 Å². The number of hydrogen-bond acceptors (Lipinski definition) is 5. The molecule has 0 radical (unpaired) electrons. The molecule has 0 amide bonds. The highest BCUT2D eigenvalue weighted by Gasteiger charge is 2.45. The van der Waals surface area contributed by atoms with Crippen molar-refractivity contribution in [3.63, 3.8) is 0 Å². The van der Waals surface area contributed by atoms with Crippen LogP contribution in [0.25, 0.3) is 10.8 Å². The molecule has 0 saturated heterocycles. The SMILES string of the molecule is O=C1OC(COc2cccc3ccccc23)(c2ccccc2)CC(O)=C1Sc1ccccc1Cl. The van der Waals surface area contributed by atoms with Crippen molar-refractivity contribution in [3.8, 4) is 5.75 Å². The largest absolute Gasteiger partial charge is 0.511 e. The van der Waals surface area contributed by atoms with Crippen LogP contribution < -0.4 is 4.74 Å². The second-order valence-electron chi connectivity index (χ2n) is 8.00. The highest BCUT2D eigenvalue weighted by Crippen LogP contribution is 2.44.